The molecule has 2 aliphatic rings. The van der Waals surface area contributed by atoms with E-state index in [2.05, 4.69) is 9.71 Å². The number of sulfonamides is 1. The lowest BCUT2D eigenvalue weighted by Gasteiger charge is -2.16. The van der Waals surface area contributed by atoms with Gasteiger partial charge < -0.3 is 4.90 Å². The van der Waals surface area contributed by atoms with Crippen molar-refractivity contribution < 1.29 is 17.6 Å². The molecule has 25 heavy (non-hydrogen) atoms. The quantitative estimate of drug-likeness (QED) is 0.882. The predicted molar refractivity (Wildman–Crippen MR) is 90.6 cm³/mol. The highest BCUT2D eigenvalue weighted by Crippen LogP contribution is 2.29. The smallest absolute Gasteiger partial charge is 0.263 e. The molecule has 6 nitrogen and oxygen atoms in total. The van der Waals surface area contributed by atoms with Crippen LogP contribution in [0.1, 0.15) is 11.1 Å². The SMILES string of the molecule is O=C(CN=C1NS(=O)(=O)c2ccccc21)N1CCc2ccc(F)cc21. The topological polar surface area (TPSA) is 78.8 Å². The first-order valence-electron chi connectivity index (χ1n) is 7.71. The Morgan fingerprint density at radius 1 is 1.24 bits per heavy atom. The zero-order valence-electron chi connectivity index (χ0n) is 13.1. The molecule has 0 saturated heterocycles. The van der Waals surface area contributed by atoms with Crippen molar-refractivity contribution in [3.8, 4) is 0 Å². The molecule has 0 radical (unpaired) electrons. The van der Waals surface area contributed by atoms with Crippen LogP contribution < -0.4 is 9.62 Å². The van der Waals surface area contributed by atoms with Crippen molar-refractivity contribution in [1.82, 2.24) is 4.72 Å². The maximum atomic E-state index is 13.4. The number of aliphatic imine (C=N–C) groups is 1. The fraction of sp³-hybridized carbons (Fsp3) is 0.176. The number of hydrogen-bond donors (Lipinski definition) is 1. The lowest BCUT2D eigenvalue weighted by atomic mass is 10.2. The van der Waals surface area contributed by atoms with Gasteiger partial charge in [-0.2, -0.15) is 0 Å². The van der Waals surface area contributed by atoms with Crippen molar-refractivity contribution in [2.45, 2.75) is 11.3 Å². The molecule has 0 unspecified atom stereocenters. The third-order valence-corrected chi connectivity index (χ3v) is 5.68. The van der Waals surface area contributed by atoms with Gasteiger partial charge in [0.15, 0.2) is 0 Å². The summed E-state index contributed by atoms with van der Waals surface area (Å²) < 4.78 is 39.9. The van der Waals surface area contributed by atoms with Gasteiger partial charge in [0.05, 0.1) is 4.90 Å². The highest BCUT2D eigenvalue weighted by Gasteiger charge is 2.31. The minimum Gasteiger partial charge on any atom is -0.310 e. The molecule has 0 bridgehead atoms. The molecule has 0 spiro atoms. The van der Waals surface area contributed by atoms with Gasteiger partial charge in [-0.25, -0.2) is 12.8 Å². The summed E-state index contributed by atoms with van der Waals surface area (Å²) in [7, 11) is -3.63. The molecule has 2 heterocycles. The van der Waals surface area contributed by atoms with Gasteiger partial charge in [0.2, 0.25) is 5.91 Å². The monoisotopic (exact) mass is 359 g/mol. The number of amidine groups is 1. The molecule has 0 atom stereocenters. The number of nitrogens with one attached hydrogen (secondary N) is 1. The van der Waals surface area contributed by atoms with Crippen LogP contribution in [0, 0.1) is 5.82 Å². The number of halogens is 1. The maximum absolute atomic E-state index is 13.4. The molecule has 1 N–H and O–H groups in total. The number of hydrogen-bond acceptors (Lipinski definition) is 4. The van der Waals surface area contributed by atoms with Crippen LogP contribution >= 0.6 is 0 Å². The molecule has 0 fully saturated rings. The Morgan fingerprint density at radius 2 is 2.04 bits per heavy atom. The summed E-state index contributed by atoms with van der Waals surface area (Å²) in [5.41, 5.74) is 1.91. The van der Waals surface area contributed by atoms with Crippen molar-refractivity contribution in [3.63, 3.8) is 0 Å². The van der Waals surface area contributed by atoms with Gasteiger partial charge >= 0.3 is 0 Å². The van der Waals surface area contributed by atoms with Gasteiger partial charge in [0.25, 0.3) is 10.0 Å². The first-order chi connectivity index (χ1) is 12.0. The molecular formula is C17H14FN3O3S. The first-order valence-corrected chi connectivity index (χ1v) is 9.19. The van der Waals surface area contributed by atoms with Gasteiger partial charge in [0.1, 0.15) is 18.2 Å². The Kier molecular flexibility index (Phi) is 3.57. The molecule has 1 amide bonds. The average molecular weight is 359 g/mol. The van der Waals surface area contributed by atoms with Gasteiger partial charge in [-0.3, -0.25) is 14.5 Å². The van der Waals surface area contributed by atoms with Crippen LogP contribution in [0.3, 0.4) is 0 Å². The van der Waals surface area contributed by atoms with E-state index in [0.29, 0.717) is 24.2 Å². The molecule has 8 heteroatoms. The number of carbonyl (C=O) groups is 1. The Balaban J connectivity index is 1.58. The third kappa shape index (κ3) is 2.68. The van der Waals surface area contributed by atoms with Crippen LogP contribution in [0.2, 0.25) is 0 Å². The first kappa shape index (κ1) is 15.8. The number of rotatable bonds is 2. The number of nitrogens with zero attached hydrogens (tertiary/aromatic N) is 2. The number of fused-ring (bicyclic) bond motifs is 2. The van der Waals surface area contributed by atoms with Crippen LogP contribution in [0.5, 0.6) is 0 Å². The summed E-state index contributed by atoms with van der Waals surface area (Å²) in [6.07, 6.45) is 0.660. The lowest BCUT2D eigenvalue weighted by molar-refractivity contribution is -0.117. The molecule has 128 valence electrons. The molecular weight excluding hydrogens is 345 g/mol. The van der Waals surface area contributed by atoms with Crippen LogP contribution in [0.25, 0.3) is 0 Å². The fourth-order valence-corrected chi connectivity index (χ4v) is 4.35. The van der Waals surface area contributed by atoms with E-state index < -0.39 is 15.8 Å². The molecule has 2 aliphatic heterocycles. The Hall–Kier alpha value is -2.74. The van der Waals surface area contributed by atoms with Crippen LogP contribution in [-0.2, 0) is 21.2 Å². The van der Waals surface area contributed by atoms with E-state index >= 15 is 0 Å². The Morgan fingerprint density at radius 3 is 2.88 bits per heavy atom. The van der Waals surface area contributed by atoms with Crippen molar-refractivity contribution in [1.29, 1.82) is 0 Å². The van der Waals surface area contributed by atoms with E-state index in [0.717, 1.165) is 5.56 Å². The van der Waals surface area contributed by atoms with Gasteiger partial charge in [-0.15, -0.1) is 0 Å². The largest absolute Gasteiger partial charge is 0.310 e. The predicted octanol–water partition coefficient (Wildman–Crippen LogP) is 1.45. The Labute approximate surface area is 144 Å². The maximum Gasteiger partial charge on any atom is 0.263 e. The van der Waals surface area contributed by atoms with E-state index in [1.165, 1.54) is 23.1 Å². The van der Waals surface area contributed by atoms with E-state index in [9.17, 15) is 17.6 Å². The summed E-state index contributed by atoms with van der Waals surface area (Å²) in [4.78, 5) is 18.2. The number of benzene rings is 2. The zero-order chi connectivity index (χ0) is 17.6. The van der Waals surface area contributed by atoms with E-state index in [1.807, 2.05) is 0 Å². The molecule has 4 rings (SSSR count). The number of amides is 1. The minimum atomic E-state index is -3.63. The van der Waals surface area contributed by atoms with Crippen molar-refractivity contribution in [3.05, 3.63) is 59.4 Å². The van der Waals surface area contributed by atoms with E-state index in [-0.39, 0.29) is 23.2 Å². The second-order valence-electron chi connectivity index (χ2n) is 5.83. The fourth-order valence-electron chi connectivity index (χ4n) is 3.09. The minimum absolute atomic E-state index is 0.148. The van der Waals surface area contributed by atoms with E-state index in [1.54, 1.807) is 24.3 Å². The van der Waals surface area contributed by atoms with Crippen LogP contribution in [0.4, 0.5) is 10.1 Å². The molecule has 2 aromatic rings. The second kappa shape index (κ2) is 5.66. The second-order valence-corrected chi connectivity index (χ2v) is 7.49. The third-order valence-electron chi connectivity index (χ3n) is 4.28. The van der Waals surface area contributed by atoms with Gasteiger partial charge in [-0.05, 0) is 36.2 Å². The summed E-state index contributed by atoms with van der Waals surface area (Å²) >= 11 is 0. The van der Waals surface area contributed by atoms with Crippen molar-refractivity contribution in [2.75, 3.05) is 18.0 Å². The van der Waals surface area contributed by atoms with Crippen molar-refractivity contribution >= 4 is 27.5 Å². The summed E-state index contributed by atoms with van der Waals surface area (Å²) in [6.45, 7) is 0.243. The lowest BCUT2D eigenvalue weighted by Crippen LogP contribution is -2.32. The highest BCUT2D eigenvalue weighted by molar-refractivity contribution is 7.90. The molecule has 0 saturated carbocycles. The summed E-state index contributed by atoms with van der Waals surface area (Å²) in [5, 5.41) is 0. The van der Waals surface area contributed by atoms with Crippen LogP contribution in [-0.4, -0.2) is 33.3 Å². The van der Waals surface area contributed by atoms with Gasteiger partial charge in [0, 0.05) is 17.8 Å². The normalized spacial score (nSPS) is 18.8. The highest BCUT2D eigenvalue weighted by atomic mass is 32.2. The Bertz CT molecular complexity index is 1020. The van der Waals surface area contributed by atoms with E-state index in [4.69, 9.17) is 0 Å². The van der Waals surface area contributed by atoms with Gasteiger partial charge in [-0.1, -0.05) is 18.2 Å². The number of anilines is 1. The standard InChI is InChI=1S/C17H14FN3O3S/c18-12-6-5-11-7-8-21(14(11)9-12)16(22)10-19-17-13-3-1-2-4-15(13)25(23,24)20-17/h1-6,9H,7-8,10H2,(H,19,20). The summed E-state index contributed by atoms with van der Waals surface area (Å²) in [5.74, 6) is -0.551. The zero-order valence-corrected chi connectivity index (χ0v) is 13.9. The molecule has 0 aliphatic carbocycles. The average Bonchev–Trinajstić information content (AvgIpc) is 3.12. The molecule has 2 aromatic carbocycles. The van der Waals surface area contributed by atoms with Crippen LogP contribution in [0.15, 0.2) is 52.4 Å². The number of carbonyl (C=O) groups excluding carboxylic acids is 1. The summed E-state index contributed by atoms with van der Waals surface area (Å²) in [6, 6.07) is 10.8. The van der Waals surface area contributed by atoms with Crippen molar-refractivity contribution in [2.24, 2.45) is 4.99 Å². The molecule has 0 aromatic heterocycles.